The predicted molar refractivity (Wildman–Crippen MR) is 113 cm³/mol. The summed E-state index contributed by atoms with van der Waals surface area (Å²) >= 11 is 1.60. The Hall–Kier alpha value is -1.66. The molecule has 0 fully saturated rings. The largest absolute Gasteiger partial charge is 0.344 e. The van der Waals surface area contributed by atoms with Gasteiger partial charge in [0.05, 0.1) is 21.6 Å². The van der Waals surface area contributed by atoms with E-state index in [2.05, 4.69) is 32.2 Å². The summed E-state index contributed by atoms with van der Waals surface area (Å²) in [6, 6.07) is 8.81. The maximum atomic E-state index is 12.9. The van der Waals surface area contributed by atoms with Gasteiger partial charge in [-0.15, -0.1) is 11.3 Å². The zero-order valence-electron chi connectivity index (χ0n) is 16.6. The minimum Gasteiger partial charge on any atom is -0.344 e. The van der Waals surface area contributed by atoms with E-state index in [1.165, 1.54) is 16.9 Å². The minimum absolute atomic E-state index is 0.0726. The highest BCUT2D eigenvalue weighted by molar-refractivity contribution is 7.91. The van der Waals surface area contributed by atoms with Gasteiger partial charge in [0, 0.05) is 4.88 Å². The quantitative estimate of drug-likeness (QED) is 0.780. The maximum Gasteiger partial charge on any atom is 0.261 e. The highest BCUT2D eigenvalue weighted by atomic mass is 32.2. The second-order valence-corrected chi connectivity index (χ2v) is 12.3. The lowest BCUT2D eigenvalue weighted by molar-refractivity contribution is 0.0938. The van der Waals surface area contributed by atoms with E-state index in [9.17, 15) is 13.2 Å². The smallest absolute Gasteiger partial charge is 0.261 e. The van der Waals surface area contributed by atoms with Gasteiger partial charge in [-0.05, 0) is 60.3 Å². The van der Waals surface area contributed by atoms with Crippen LogP contribution in [0.5, 0.6) is 0 Å². The normalized spacial score (nSPS) is 23.5. The first-order chi connectivity index (χ1) is 13.1. The molecule has 1 aromatic heterocycles. The Kier molecular flexibility index (Phi) is 4.91. The Morgan fingerprint density at radius 2 is 1.93 bits per heavy atom. The summed E-state index contributed by atoms with van der Waals surface area (Å²) < 4.78 is 24.6. The summed E-state index contributed by atoms with van der Waals surface area (Å²) in [5, 5.41) is 3.09. The molecule has 1 aliphatic heterocycles. The summed E-state index contributed by atoms with van der Waals surface area (Å²) in [4.78, 5) is 15.4. The number of carbonyl (C=O) groups is 1. The van der Waals surface area contributed by atoms with Crippen LogP contribution in [0.15, 0.2) is 35.2 Å². The van der Waals surface area contributed by atoms with Crippen molar-refractivity contribution in [1.29, 1.82) is 0 Å². The number of rotatable bonds is 2. The fourth-order valence-corrected chi connectivity index (χ4v) is 7.08. The molecule has 2 aromatic rings. The molecular formula is C22H27NO3S2. The van der Waals surface area contributed by atoms with Crippen molar-refractivity contribution < 1.29 is 13.2 Å². The highest BCUT2D eigenvalue weighted by Gasteiger charge is 2.33. The molecular weight excluding hydrogens is 390 g/mol. The molecule has 2 unspecified atom stereocenters. The van der Waals surface area contributed by atoms with Gasteiger partial charge in [0.15, 0.2) is 9.84 Å². The lowest BCUT2D eigenvalue weighted by Gasteiger charge is -2.33. The van der Waals surface area contributed by atoms with Gasteiger partial charge < -0.3 is 5.32 Å². The molecule has 28 heavy (non-hydrogen) atoms. The van der Waals surface area contributed by atoms with Crippen molar-refractivity contribution in [2.75, 3.05) is 5.75 Å². The van der Waals surface area contributed by atoms with Crippen LogP contribution >= 0.6 is 11.3 Å². The summed E-state index contributed by atoms with van der Waals surface area (Å²) in [7, 11) is -3.25. The zero-order chi connectivity index (χ0) is 20.1. The molecule has 0 saturated carbocycles. The Morgan fingerprint density at radius 3 is 2.68 bits per heavy atom. The number of hydrogen-bond donors (Lipinski definition) is 1. The molecule has 4 nitrogen and oxygen atoms in total. The monoisotopic (exact) mass is 417 g/mol. The van der Waals surface area contributed by atoms with Crippen LogP contribution in [0.1, 0.15) is 65.3 Å². The van der Waals surface area contributed by atoms with E-state index in [-0.39, 0.29) is 23.1 Å². The molecule has 4 rings (SSSR count). The molecule has 1 aromatic carbocycles. The molecule has 2 heterocycles. The Morgan fingerprint density at radius 1 is 1.18 bits per heavy atom. The molecule has 2 atom stereocenters. The van der Waals surface area contributed by atoms with Crippen LogP contribution in [-0.2, 0) is 22.7 Å². The molecule has 0 spiro atoms. The van der Waals surface area contributed by atoms with Crippen molar-refractivity contribution in [3.05, 3.63) is 51.2 Å². The third-order valence-corrected chi connectivity index (χ3v) is 9.19. The maximum absolute atomic E-state index is 12.9. The number of hydrogen-bond acceptors (Lipinski definition) is 4. The predicted octanol–water partition coefficient (Wildman–Crippen LogP) is 4.55. The number of nitrogens with one attached hydrogen (secondary N) is 1. The van der Waals surface area contributed by atoms with Crippen molar-refractivity contribution in [2.24, 2.45) is 11.3 Å². The molecule has 150 valence electrons. The van der Waals surface area contributed by atoms with Crippen LogP contribution in [0, 0.1) is 11.3 Å². The van der Waals surface area contributed by atoms with Gasteiger partial charge in [-0.2, -0.15) is 0 Å². The van der Waals surface area contributed by atoms with Crippen LogP contribution in [0.25, 0.3) is 0 Å². The van der Waals surface area contributed by atoms with Crippen LogP contribution in [0.4, 0.5) is 0 Å². The van der Waals surface area contributed by atoms with Crippen LogP contribution in [0.3, 0.4) is 0 Å². The van der Waals surface area contributed by atoms with Crippen LogP contribution in [0.2, 0.25) is 0 Å². The Balaban J connectivity index is 1.54. The van der Waals surface area contributed by atoms with Gasteiger partial charge >= 0.3 is 0 Å². The molecule has 1 N–H and O–H groups in total. The fourth-order valence-electron chi connectivity index (χ4n) is 4.34. The van der Waals surface area contributed by atoms with Crippen molar-refractivity contribution in [2.45, 2.75) is 57.4 Å². The number of fused-ring (bicyclic) bond motifs is 2. The van der Waals surface area contributed by atoms with Gasteiger partial charge in [0.2, 0.25) is 0 Å². The van der Waals surface area contributed by atoms with E-state index in [0.717, 1.165) is 17.7 Å². The average molecular weight is 418 g/mol. The third kappa shape index (κ3) is 3.64. The van der Waals surface area contributed by atoms with Gasteiger partial charge in [-0.25, -0.2) is 8.42 Å². The van der Waals surface area contributed by atoms with Crippen molar-refractivity contribution in [3.8, 4) is 0 Å². The van der Waals surface area contributed by atoms with Gasteiger partial charge in [0.1, 0.15) is 0 Å². The molecule has 1 aliphatic carbocycles. The van der Waals surface area contributed by atoms with E-state index >= 15 is 0 Å². The van der Waals surface area contributed by atoms with Crippen molar-refractivity contribution in [1.82, 2.24) is 5.32 Å². The third-order valence-electron chi connectivity index (χ3n) is 6.14. The van der Waals surface area contributed by atoms with Crippen molar-refractivity contribution >= 4 is 27.1 Å². The average Bonchev–Trinajstić information content (AvgIpc) is 3.07. The second-order valence-electron chi connectivity index (χ2n) is 9.04. The Bertz CT molecular complexity index is 1010. The molecule has 6 heteroatoms. The number of carbonyl (C=O) groups excluding carboxylic acids is 1. The second kappa shape index (κ2) is 6.99. The number of benzene rings is 1. The lowest BCUT2D eigenvalue weighted by atomic mass is 9.72. The minimum atomic E-state index is -3.25. The molecule has 1 amide bonds. The highest BCUT2D eigenvalue weighted by Crippen LogP contribution is 2.40. The molecule has 0 radical (unpaired) electrons. The first kappa shape index (κ1) is 19.6. The first-order valence-corrected chi connectivity index (χ1v) is 12.4. The van der Waals surface area contributed by atoms with Gasteiger partial charge in [-0.3, -0.25) is 4.79 Å². The zero-order valence-corrected chi connectivity index (χ0v) is 18.3. The Labute approximate surface area is 171 Å². The summed E-state index contributed by atoms with van der Waals surface area (Å²) in [6.45, 7) is 6.87. The fraction of sp³-hybridized carbons (Fsp3) is 0.500. The molecule has 0 saturated heterocycles. The summed E-state index contributed by atoms with van der Waals surface area (Å²) in [5.41, 5.74) is 2.29. The van der Waals surface area contributed by atoms with E-state index in [4.69, 9.17) is 0 Å². The van der Waals surface area contributed by atoms with Crippen LogP contribution in [-0.4, -0.2) is 20.1 Å². The van der Waals surface area contributed by atoms with Gasteiger partial charge in [0.25, 0.3) is 5.91 Å². The van der Waals surface area contributed by atoms with E-state index in [0.29, 0.717) is 22.8 Å². The standard InChI is InChI=1S/C22H27NO3S2/c1-22(2,3)15-8-9-18-14(12-15)13-19(27-18)21(24)23-17-10-11-28(25,26)20-7-5-4-6-16(17)20/h4-7,13,15,17H,8-12H2,1-3H3,(H,23,24). The van der Waals surface area contributed by atoms with E-state index < -0.39 is 9.84 Å². The summed E-state index contributed by atoms with van der Waals surface area (Å²) in [6.07, 6.45) is 3.67. The summed E-state index contributed by atoms with van der Waals surface area (Å²) in [5.74, 6) is 0.620. The van der Waals surface area contributed by atoms with Crippen molar-refractivity contribution in [3.63, 3.8) is 0 Å². The number of thiophene rings is 1. The number of aryl methyl sites for hydroxylation is 1. The van der Waals surface area contributed by atoms with E-state index in [1.807, 2.05) is 12.1 Å². The molecule has 0 bridgehead atoms. The molecule has 2 aliphatic rings. The SMILES string of the molecule is CC(C)(C)C1CCc2sc(C(=O)NC3CCS(=O)(=O)c4ccccc43)cc2C1. The number of sulfone groups is 1. The number of amides is 1. The van der Waals surface area contributed by atoms with Gasteiger partial charge in [-0.1, -0.05) is 39.0 Å². The first-order valence-electron chi connectivity index (χ1n) is 9.89. The lowest BCUT2D eigenvalue weighted by Crippen LogP contribution is -2.33. The van der Waals surface area contributed by atoms with Crippen LogP contribution < -0.4 is 5.32 Å². The topological polar surface area (TPSA) is 63.2 Å². The van der Waals surface area contributed by atoms with E-state index in [1.54, 1.807) is 23.5 Å².